The van der Waals surface area contributed by atoms with Crippen molar-refractivity contribution >= 4 is 11.9 Å². The second kappa shape index (κ2) is 9.06. The smallest absolute Gasteiger partial charge is 0.329 e. The molecular formula is C17H31NO3. The molecule has 0 spiro atoms. The van der Waals surface area contributed by atoms with Crippen LogP contribution in [-0.2, 0) is 9.59 Å². The highest BCUT2D eigenvalue weighted by Gasteiger charge is 2.42. The van der Waals surface area contributed by atoms with E-state index in [1.54, 1.807) is 0 Å². The molecule has 2 N–H and O–H groups in total. The number of hydrogen-bond acceptors (Lipinski definition) is 2. The van der Waals surface area contributed by atoms with Crippen molar-refractivity contribution in [2.45, 2.75) is 90.0 Å². The van der Waals surface area contributed by atoms with Gasteiger partial charge in [-0.2, -0.15) is 0 Å². The highest BCUT2D eigenvalue weighted by molar-refractivity contribution is 5.87. The van der Waals surface area contributed by atoms with Gasteiger partial charge in [0.2, 0.25) is 5.91 Å². The van der Waals surface area contributed by atoms with Crippen molar-refractivity contribution in [3.63, 3.8) is 0 Å². The third-order valence-electron chi connectivity index (χ3n) is 4.54. The molecule has 0 radical (unpaired) electrons. The normalized spacial score (nSPS) is 25.5. The molecule has 21 heavy (non-hydrogen) atoms. The van der Waals surface area contributed by atoms with Gasteiger partial charge in [-0.1, -0.05) is 58.8 Å². The summed E-state index contributed by atoms with van der Waals surface area (Å²) in [7, 11) is 0. The lowest BCUT2D eigenvalue weighted by Gasteiger charge is -2.37. The van der Waals surface area contributed by atoms with E-state index in [4.69, 9.17) is 0 Å². The third-order valence-corrected chi connectivity index (χ3v) is 4.54. The first-order chi connectivity index (χ1) is 10.00. The number of hydrogen-bond donors (Lipinski definition) is 2. The number of carbonyl (C=O) groups excluding carboxylic acids is 1. The summed E-state index contributed by atoms with van der Waals surface area (Å²) in [5, 5.41) is 12.3. The molecule has 4 nitrogen and oxygen atoms in total. The van der Waals surface area contributed by atoms with E-state index in [0.29, 0.717) is 25.2 Å². The zero-order valence-electron chi connectivity index (χ0n) is 13.6. The van der Waals surface area contributed by atoms with E-state index in [1.807, 2.05) is 0 Å². The standard InChI is InChI=1S/C17H31NO3/c1-3-4-5-6-7-8-11-15(19)18-17(16(20)21)12-9-10-14(2)13-17/h14H,3-13H2,1-2H3,(H,18,19)(H,20,21). The Labute approximate surface area is 128 Å². The van der Waals surface area contributed by atoms with Gasteiger partial charge in [0.1, 0.15) is 5.54 Å². The van der Waals surface area contributed by atoms with Crippen LogP contribution in [0.1, 0.15) is 84.5 Å². The van der Waals surface area contributed by atoms with Gasteiger partial charge in [-0.05, 0) is 25.2 Å². The second-order valence-corrected chi connectivity index (χ2v) is 6.65. The molecule has 0 heterocycles. The van der Waals surface area contributed by atoms with Crippen molar-refractivity contribution in [2.24, 2.45) is 5.92 Å². The van der Waals surface area contributed by atoms with E-state index >= 15 is 0 Å². The SMILES string of the molecule is CCCCCCCCC(=O)NC1(C(=O)O)CCCC(C)C1. The van der Waals surface area contributed by atoms with Gasteiger partial charge >= 0.3 is 5.97 Å². The third kappa shape index (κ3) is 6.06. The largest absolute Gasteiger partial charge is 0.480 e. The molecule has 1 rings (SSSR count). The molecule has 0 aromatic rings. The van der Waals surface area contributed by atoms with E-state index in [0.717, 1.165) is 25.7 Å². The maximum Gasteiger partial charge on any atom is 0.329 e. The number of unbranched alkanes of at least 4 members (excludes halogenated alkanes) is 5. The van der Waals surface area contributed by atoms with Crippen molar-refractivity contribution in [3.05, 3.63) is 0 Å². The molecule has 1 aliphatic carbocycles. The molecule has 1 amide bonds. The fourth-order valence-corrected chi connectivity index (χ4v) is 3.31. The second-order valence-electron chi connectivity index (χ2n) is 6.65. The number of nitrogens with one attached hydrogen (secondary N) is 1. The van der Waals surface area contributed by atoms with Crippen LogP contribution in [0.5, 0.6) is 0 Å². The Kier molecular flexibility index (Phi) is 7.76. The quantitative estimate of drug-likeness (QED) is 0.635. The monoisotopic (exact) mass is 297 g/mol. The van der Waals surface area contributed by atoms with Crippen LogP contribution in [0.15, 0.2) is 0 Å². The summed E-state index contributed by atoms with van der Waals surface area (Å²) in [5.74, 6) is -0.600. The lowest BCUT2D eigenvalue weighted by molar-refractivity contribution is -0.150. The Morgan fingerprint density at radius 2 is 1.86 bits per heavy atom. The molecule has 0 bridgehead atoms. The van der Waals surface area contributed by atoms with Gasteiger partial charge in [0.15, 0.2) is 0 Å². The highest BCUT2D eigenvalue weighted by atomic mass is 16.4. The number of carboxylic acid groups (broad SMARTS) is 1. The molecule has 0 aromatic heterocycles. The average molecular weight is 297 g/mol. The van der Waals surface area contributed by atoms with Crippen LogP contribution in [0, 0.1) is 5.92 Å². The van der Waals surface area contributed by atoms with Crippen molar-refractivity contribution in [1.82, 2.24) is 5.32 Å². The maximum absolute atomic E-state index is 12.0. The lowest BCUT2D eigenvalue weighted by Crippen LogP contribution is -2.56. The fourth-order valence-electron chi connectivity index (χ4n) is 3.31. The Morgan fingerprint density at radius 3 is 2.48 bits per heavy atom. The van der Waals surface area contributed by atoms with E-state index in [-0.39, 0.29) is 5.91 Å². The van der Waals surface area contributed by atoms with Crippen LogP contribution in [0.3, 0.4) is 0 Å². The van der Waals surface area contributed by atoms with Gasteiger partial charge in [0, 0.05) is 6.42 Å². The van der Waals surface area contributed by atoms with E-state index < -0.39 is 11.5 Å². The summed E-state index contributed by atoms with van der Waals surface area (Å²) in [6.45, 7) is 4.25. The van der Waals surface area contributed by atoms with Crippen LogP contribution >= 0.6 is 0 Å². The van der Waals surface area contributed by atoms with Gasteiger partial charge in [0.05, 0.1) is 0 Å². The van der Waals surface area contributed by atoms with Crippen LogP contribution in [0.2, 0.25) is 0 Å². The van der Waals surface area contributed by atoms with Gasteiger partial charge in [-0.25, -0.2) is 4.79 Å². The molecule has 0 aromatic carbocycles. The predicted octanol–water partition coefficient (Wildman–Crippen LogP) is 3.89. The summed E-state index contributed by atoms with van der Waals surface area (Å²) in [5.41, 5.74) is -1.02. The van der Waals surface area contributed by atoms with Crippen LogP contribution < -0.4 is 5.32 Å². The van der Waals surface area contributed by atoms with Crippen LogP contribution in [0.25, 0.3) is 0 Å². The first kappa shape index (κ1) is 18.0. The molecule has 2 atom stereocenters. The highest BCUT2D eigenvalue weighted by Crippen LogP contribution is 2.32. The molecular weight excluding hydrogens is 266 g/mol. The number of carboxylic acids is 1. The number of carbonyl (C=O) groups is 2. The van der Waals surface area contributed by atoms with Crippen LogP contribution in [0.4, 0.5) is 0 Å². The molecule has 2 unspecified atom stereocenters. The minimum atomic E-state index is -1.02. The van der Waals surface area contributed by atoms with Crippen molar-refractivity contribution in [3.8, 4) is 0 Å². The lowest BCUT2D eigenvalue weighted by atomic mass is 9.76. The van der Waals surface area contributed by atoms with Gasteiger partial charge in [-0.15, -0.1) is 0 Å². The summed E-state index contributed by atoms with van der Waals surface area (Å²) in [4.78, 5) is 23.6. The molecule has 0 saturated heterocycles. The van der Waals surface area contributed by atoms with Crippen molar-refractivity contribution in [1.29, 1.82) is 0 Å². The Hall–Kier alpha value is -1.06. The molecule has 1 aliphatic rings. The summed E-state index contributed by atoms with van der Waals surface area (Å²) < 4.78 is 0. The van der Waals surface area contributed by atoms with Gasteiger partial charge in [0.25, 0.3) is 0 Å². The molecule has 122 valence electrons. The average Bonchev–Trinajstić information content (AvgIpc) is 2.42. The zero-order valence-corrected chi connectivity index (χ0v) is 13.6. The first-order valence-electron chi connectivity index (χ1n) is 8.54. The molecule has 0 aliphatic heterocycles. The summed E-state index contributed by atoms with van der Waals surface area (Å²) in [6.07, 6.45) is 10.3. The van der Waals surface area contributed by atoms with Gasteiger partial charge in [-0.3, -0.25) is 4.79 Å². The Bertz CT molecular complexity index is 343. The Morgan fingerprint density at radius 1 is 1.19 bits per heavy atom. The summed E-state index contributed by atoms with van der Waals surface area (Å²) >= 11 is 0. The van der Waals surface area contributed by atoms with E-state index in [9.17, 15) is 14.7 Å². The predicted molar refractivity (Wildman–Crippen MR) is 84.1 cm³/mol. The first-order valence-corrected chi connectivity index (χ1v) is 8.54. The van der Waals surface area contributed by atoms with E-state index in [1.165, 1.54) is 25.7 Å². The summed E-state index contributed by atoms with van der Waals surface area (Å²) in [6, 6.07) is 0. The fraction of sp³-hybridized carbons (Fsp3) is 0.882. The number of rotatable bonds is 9. The van der Waals surface area contributed by atoms with Gasteiger partial charge < -0.3 is 10.4 Å². The maximum atomic E-state index is 12.0. The van der Waals surface area contributed by atoms with Crippen molar-refractivity contribution in [2.75, 3.05) is 0 Å². The topological polar surface area (TPSA) is 66.4 Å². The number of amides is 1. The van der Waals surface area contributed by atoms with E-state index in [2.05, 4.69) is 19.2 Å². The zero-order chi connectivity index (χ0) is 15.7. The number of aliphatic carboxylic acids is 1. The van der Waals surface area contributed by atoms with Crippen LogP contribution in [-0.4, -0.2) is 22.5 Å². The minimum Gasteiger partial charge on any atom is -0.480 e. The molecule has 4 heteroatoms. The molecule has 1 saturated carbocycles. The minimum absolute atomic E-state index is 0.0954. The Balaban J connectivity index is 2.34. The molecule has 1 fully saturated rings. The van der Waals surface area contributed by atoms with Crippen molar-refractivity contribution < 1.29 is 14.7 Å².